The topological polar surface area (TPSA) is 64.6 Å². The van der Waals surface area contributed by atoms with Gasteiger partial charge in [-0.2, -0.15) is 0 Å². The Kier molecular flexibility index (Phi) is 5.17. The number of hydrogen-bond acceptors (Lipinski definition) is 4. The fraction of sp³-hybridized carbons (Fsp3) is 0.200. The molecule has 0 unspecified atom stereocenters. The Morgan fingerprint density at radius 3 is 2.23 bits per heavy atom. The molecule has 5 nitrogen and oxygen atoms in total. The molecule has 1 N–H and O–H groups in total. The van der Waals surface area contributed by atoms with Crippen LogP contribution in [0.3, 0.4) is 0 Å². The van der Waals surface area contributed by atoms with Crippen molar-refractivity contribution in [3.05, 3.63) is 45.5 Å². The summed E-state index contributed by atoms with van der Waals surface area (Å²) >= 11 is 2.03. The summed E-state index contributed by atoms with van der Waals surface area (Å²) in [4.78, 5) is 0.168. The number of aryl methyl sites for hydroxylation is 1. The summed E-state index contributed by atoms with van der Waals surface area (Å²) in [6, 6.07) is 10.0. The Hall–Kier alpha value is -1.48. The molecule has 22 heavy (non-hydrogen) atoms. The number of nitrogens with one attached hydrogen (secondary N) is 1. The highest BCUT2D eigenvalue weighted by Crippen LogP contribution is 2.29. The molecule has 0 bridgehead atoms. The molecular weight excluding hydrogens is 417 g/mol. The van der Waals surface area contributed by atoms with Gasteiger partial charge in [-0.25, -0.2) is 8.42 Å². The zero-order valence-corrected chi connectivity index (χ0v) is 15.4. The predicted molar refractivity (Wildman–Crippen MR) is 94.3 cm³/mol. The molecule has 118 valence electrons. The smallest absolute Gasteiger partial charge is 0.262 e. The van der Waals surface area contributed by atoms with Crippen LogP contribution in [0, 0.1) is 10.5 Å². The molecule has 0 heterocycles. The van der Waals surface area contributed by atoms with E-state index in [9.17, 15) is 8.42 Å². The lowest BCUT2D eigenvalue weighted by Crippen LogP contribution is -2.14. The van der Waals surface area contributed by atoms with E-state index >= 15 is 0 Å². The molecule has 2 aromatic carbocycles. The van der Waals surface area contributed by atoms with Gasteiger partial charge in [0.05, 0.1) is 28.4 Å². The lowest BCUT2D eigenvalue weighted by Gasteiger charge is -2.13. The van der Waals surface area contributed by atoms with Crippen LogP contribution in [0.2, 0.25) is 0 Å². The number of anilines is 1. The van der Waals surface area contributed by atoms with Gasteiger partial charge in [0.2, 0.25) is 0 Å². The average molecular weight is 433 g/mol. The Labute approximate surface area is 143 Å². The van der Waals surface area contributed by atoms with E-state index in [0.717, 1.165) is 9.13 Å². The highest BCUT2D eigenvalue weighted by atomic mass is 127. The van der Waals surface area contributed by atoms with Crippen molar-refractivity contribution in [2.45, 2.75) is 11.8 Å². The second-order valence-corrected chi connectivity index (χ2v) is 7.45. The monoisotopic (exact) mass is 433 g/mol. The fourth-order valence-corrected chi connectivity index (χ4v) is 3.95. The second kappa shape index (κ2) is 6.74. The summed E-state index contributed by atoms with van der Waals surface area (Å²) in [5.41, 5.74) is 1.34. The van der Waals surface area contributed by atoms with Gasteiger partial charge in [0.25, 0.3) is 10.0 Å². The lowest BCUT2D eigenvalue weighted by molar-refractivity contribution is 0.411. The third-order valence-electron chi connectivity index (χ3n) is 3.03. The zero-order valence-electron chi connectivity index (χ0n) is 12.4. The van der Waals surface area contributed by atoms with Crippen LogP contribution >= 0.6 is 22.6 Å². The number of methoxy groups -OCH3 is 2. The van der Waals surface area contributed by atoms with E-state index < -0.39 is 10.0 Å². The van der Waals surface area contributed by atoms with Crippen molar-refractivity contribution >= 4 is 38.3 Å². The number of halogens is 1. The van der Waals surface area contributed by atoms with Crippen LogP contribution in [-0.2, 0) is 10.0 Å². The van der Waals surface area contributed by atoms with Crippen molar-refractivity contribution in [2.75, 3.05) is 18.9 Å². The van der Waals surface area contributed by atoms with E-state index in [2.05, 4.69) is 4.72 Å². The minimum atomic E-state index is -3.70. The van der Waals surface area contributed by atoms with Crippen LogP contribution < -0.4 is 14.2 Å². The molecule has 0 aromatic heterocycles. The van der Waals surface area contributed by atoms with E-state index in [4.69, 9.17) is 9.47 Å². The Balaban J connectivity index is 2.40. The van der Waals surface area contributed by atoms with Gasteiger partial charge < -0.3 is 9.47 Å². The number of rotatable bonds is 5. The summed E-state index contributed by atoms with van der Waals surface area (Å²) in [5, 5.41) is 0. The van der Waals surface area contributed by atoms with Gasteiger partial charge in [-0.1, -0.05) is 6.07 Å². The highest BCUT2D eigenvalue weighted by Gasteiger charge is 2.18. The maximum absolute atomic E-state index is 12.5. The van der Waals surface area contributed by atoms with Crippen LogP contribution in [0.4, 0.5) is 5.69 Å². The first-order chi connectivity index (χ1) is 10.4. The third kappa shape index (κ3) is 3.64. The molecule has 0 radical (unpaired) electrons. The number of ether oxygens (including phenoxy) is 2. The molecular formula is C15H16INO4S. The van der Waals surface area contributed by atoms with Crippen LogP contribution in [-0.4, -0.2) is 22.6 Å². The molecule has 2 rings (SSSR count). The van der Waals surface area contributed by atoms with Gasteiger partial charge in [0, 0.05) is 0 Å². The third-order valence-corrected chi connectivity index (χ3v) is 5.24. The molecule has 0 aliphatic heterocycles. The van der Waals surface area contributed by atoms with E-state index in [1.165, 1.54) is 13.2 Å². The van der Waals surface area contributed by atoms with Gasteiger partial charge in [-0.3, -0.25) is 4.72 Å². The van der Waals surface area contributed by atoms with Gasteiger partial charge in [-0.05, 0) is 65.4 Å². The maximum atomic E-state index is 12.5. The molecule has 0 saturated carbocycles. The van der Waals surface area contributed by atoms with E-state index in [-0.39, 0.29) is 4.90 Å². The molecule has 0 atom stereocenters. The van der Waals surface area contributed by atoms with E-state index in [0.29, 0.717) is 17.2 Å². The Bertz CT molecular complexity index is 790. The van der Waals surface area contributed by atoms with Crippen LogP contribution in [0.5, 0.6) is 11.5 Å². The lowest BCUT2D eigenvalue weighted by atomic mass is 10.2. The summed E-state index contributed by atoms with van der Waals surface area (Å²) in [5.74, 6) is 1.10. The largest absolute Gasteiger partial charge is 0.496 e. The van der Waals surface area contributed by atoms with Crippen molar-refractivity contribution in [1.29, 1.82) is 0 Å². The van der Waals surface area contributed by atoms with Gasteiger partial charge >= 0.3 is 0 Å². The first kappa shape index (κ1) is 16.9. The molecule has 7 heteroatoms. The van der Waals surface area contributed by atoms with Crippen LogP contribution in [0.1, 0.15) is 5.56 Å². The molecule has 0 spiro atoms. The molecule has 0 aliphatic rings. The molecule has 0 amide bonds. The average Bonchev–Trinajstić information content (AvgIpc) is 2.47. The summed E-state index contributed by atoms with van der Waals surface area (Å²) in [7, 11) is -0.659. The van der Waals surface area contributed by atoms with Crippen molar-refractivity contribution < 1.29 is 17.9 Å². The number of sulfonamides is 1. The number of benzene rings is 2. The zero-order chi connectivity index (χ0) is 16.3. The van der Waals surface area contributed by atoms with Crippen LogP contribution in [0.15, 0.2) is 41.3 Å². The van der Waals surface area contributed by atoms with Gasteiger partial charge in [-0.15, -0.1) is 0 Å². The predicted octanol–water partition coefficient (Wildman–Crippen LogP) is 3.42. The van der Waals surface area contributed by atoms with Crippen molar-refractivity contribution in [2.24, 2.45) is 0 Å². The Morgan fingerprint density at radius 2 is 1.64 bits per heavy atom. The van der Waals surface area contributed by atoms with Gasteiger partial charge in [0.15, 0.2) is 0 Å². The summed E-state index contributed by atoms with van der Waals surface area (Å²) in [6.07, 6.45) is 0. The van der Waals surface area contributed by atoms with Crippen molar-refractivity contribution in [1.82, 2.24) is 0 Å². The van der Waals surface area contributed by atoms with E-state index in [1.807, 2.05) is 35.6 Å². The van der Waals surface area contributed by atoms with Crippen LogP contribution in [0.25, 0.3) is 0 Å². The number of hydrogen-bond donors (Lipinski definition) is 1. The second-order valence-electron chi connectivity index (χ2n) is 4.61. The molecule has 0 saturated heterocycles. The normalized spacial score (nSPS) is 11.1. The molecule has 0 fully saturated rings. The minimum absolute atomic E-state index is 0.168. The SMILES string of the molecule is COc1ccc(S(=O)(=O)Nc2cc(C)ccc2OC)cc1I. The quantitative estimate of drug-likeness (QED) is 0.735. The molecule has 0 aliphatic carbocycles. The van der Waals surface area contributed by atoms with E-state index in [1.54, 1.807) is 31.4 Å². The van der Waals surface area contributed by atoms with Crippen molar-refractivity contribution in [3.63, 3.8) is 0 Å². The Morgan fingerprint density at radius 1 is 1.00 bits per heavy atom. The highest BCUT2D eigenvalue weighted by molar-refractivity contribution is 14.1. The minimum Gasteiger partial charge on any atom is -0.496 e. The maximum Gasteiger partial charge on any atom is 0.262 e. The first-order valence-electron chi connectivity index (χ1n) is 6.38. The molecule has 2 aromatic rings. The van der Waals surface area contributed by atoms with Crippen molar-refractivity contribution in [3.8, 4) is 11.5 Å². The fourth-order valence-electron chi connectivity index (χ4n) is 1.92. The summed E-state index contributed by atoms with van der Waals surface area (Å²) < 4.78 is 38.7. The standard InChI is InChI=1S/C15H16INO4S/c1-10-4-6-15(21-3)13(8-10)17-22(18,19)11-5-7-14(20-2)12(16)9-11/h4-9,17H,1-3H3. The van der Waals surface area contributed by atoms with Gasteiger partial charge in [0.1, 0.15) is 11.5 Å². The summed E-state index contributed by atoms with van der Waals surface area (Å²) in [6.45, 7) is 1.88. The first-order valence-corrected chi connectivity index (χ1v) is 8.94.